The summed E-state index contributed by atoms with van der Waals surface area (Å²) in [5.74, 6) is 0.0781. The van der Waals surface area contributed by atoms with Gasteiger partial charge in [-0.15, -0.1) is 0 Å². The topological polar surface area (TPSA) is 73.9 Å². The normalized spacial score (nSPS) is 18.3. The van der Waals surface area contributed by atoms with E-state index in [1.165, 1.54) is 0 Å². The smallest absolute Gasteiger partial charge is 0.444 e. The standard InChI is InChI=1S/C23H34BNO5/c1-9-19(26)17-12-10-11-16(13-17)14-18(15-25-20(27)28-21(2,3)4)24-29-22(5,6)23(7,8)30-24/h10-14H,9,15H2,1-8H3,(H,25,27). The van der Waals surface area contributed by atoms with E-state index in [1.807, 2.05) is 79.7 Å². The number of hydrogen-bond acceptors (Lipinski definition) is 5. The Labute approximate surface area is 180 Å². The molecule has 0 saturated carbocycles. The maximum atomic E-state index is 12.2. The van der Waals surface area contributed by atoms with Crippen LogP contribution < -0.4 is 5.32 Å². The molecule has 7 heteroatoms. The number of ether oxygens (including phenoxy) is 1. The Hall–Kier alpha value is -2.12. The van der Waals surface area contributed by atoms with Gasteiger partial charge in [0.25, 0.3) is 0 Å². The molecule has 1 aliphatic heterocycles. The summed E-state index contributed by atoms with van der Waals surface area (Å²) in [5, 5.41) is 2.78. The van der Waals surface area contributed by atoms with Crippen molar-refractivity contribution in [2.75, 3.05) is 6.54 Å². The molecule has 0 atom stereocenters. The third-order valence-corrected chi connectivity index (χ3v) is 5.27. The summed E-state index contributed by atoms with van der Waals surface area (Å²) in [6, 6.07) is 7.39. The Balaban J connectivity index is 2.31. The van der Waals surface area contributed by atoms with Crippen molar-refractivity contribution in [3.63, 3.8) is 0 Å². The van der Waals surface area contributed by atoms with Crippen molar-refractivity contribution < 1.29 is 23.6 Å². The highest BCUT2D eigenvalue weighted by Crippen LogP contribution is 2.38. The first-order valence-corrected chi connectivity index (χ1v) is 10.4. The molecule has 1 amide bonds. The van der Waals surface area contributed by atoms with Gasteiger partial charge in [-0.25, -0.2) is 4.79 Å². The van der Waals surface area contributed by atoms with Crippen molar-refractivity contribution in [3.05, 3.63) is 40.9 Å². The average Bonchev–Trinajstić information content (AvgIpc) is 2.84. The number of rotatable bonds is 6. The Morgan fingerprint density at radius 3 is 2.27 bits per heavy atom. The quantitative estimate of drug-likeness (QED) is 0.533. The number of nitrogens with one attached hydrogen (secondary N) is 1. The molecule has 1 aromatic rings. The molecule has 164 valence electrons. The molecule has 1 aromatic carbocycles. The molecule has 0 aromatic heterocycles. The molecular formula is C23H34BNO5. The van der Waals surface area contributed by atoms with Gasteiger partial charge in [-0.05, 0) is 65.6 Å². The molecule has 1 fully saturated rings. The molecule has 0 bridgehead atoms. The van der Waals surface area contributed by atoms with Crippen LogP contribution in [0.4, 0.5) is 4.79 Å². The number of alkyl carbamates (subject to hydrolysis) is 1. The molecule has 0 radical (unpaired) electrons. The van der Waals surface area contributed by atoms with E-state index >= 15 is 0 Å². The van der Waals surface area contributed by atoms with E-state index in [-0.39, 0.29) is 12.3 Å². The Kier molecular flexibility index (Phi) is 7.20. The molecule has 6 nitrogen and oxygen atoms in total. The zero-order valence-electron chi connectivity index (χ0n) is 19.4. The number of amides is 1. The summed E-state index contributed by atoms with van der Waals surface area (Å²) < 4.78 is 17.7. The van der Waals surface area contributed by atoms with E-state index < -0.39 is 30.0 Å². The van der Waals surface area contributed by atoms with Gasteiger partial charge in [0.1, 0.15) is 5.60 Å². The van der Waals surface area contributed by atoms with Crippen LogP contribution in [0.15, 0.2) is 29.7 Å². The van der Waals surface area contributed by atoms with Crippen LogP contribution >= 0.6 is 0 Å². The lowest BCUT2D eigenvalue weighted by molar-refractivity contribution is 0.00578. The first kappa shape index (κ1) is 24.2. The van der Waals surface area contributed by atoms with Crippen molar-refractivity contribution in [2.24, 2.45) is 0 Å². The van der Waals surface area contributed by atoms with Crippen LogP contribution in [-0.2, 0) is 14.0 Å². The lowest BCUT2D eigenvalue weighted by atomic mass is 9.77. The second-order valence-electron chi connectivity index (χ2n) is 9.57. The van der Waals surface area contributed by atoms with Gasteiger partial charge in [0.05, 0.1) is 11.2 Å². The second-order valence-corrected chi connectivity index (χ2v) is 9.57. The van der Waals surface area contributed by atoms with Crippen LogP contribution in [0, 0.1) is 0 Å². The summed E-state index contributed by atoms with van der Waals surface area (Å²) >= 11 is 0. The van der Waals surface area contributed by atoms with Gasteiger partial charge in [-0.3, -0.25) is 4.79 Å². The minimum Gasteiger partial charge on any atom is -0.444 e. The first-order chi connectivity index (χ1) is 13.7. The summed E-state index contributed by atoms with van der Waals surface area (Å²) in [6.45, 7) is 15.4. The number of benzene rings is 1. The third kappa shape index (κ3) is 6.19. The van der Waals surface area contributed by atoms with Gasteiger partial charge >= 0.3 is 13.2 Å². The average molecular weight is 415 g/mol. The van der Waals surface area contributed by atoms with Crippen LogP contribution in [0.1, 0.15) is 77.7 Å². The molecule has 0 unspecified atom stereocenters. The number of hydrogen-bond donors (Lipinski definition) is 1. The van der Waals surface area contributed by atoms with Crippen LogP contribution in [0.25, 0.3) is 6.08 Å². The molecule has 1 aliphatic rings. The minimum atomic E-state index is -0.629. The molecule has 2 rings (SSSR count). The van der Waals surface area contributed by atoms with Gasteiger partial charge in [-0.2, -0.15) is 0 Å². The van der Waals surface area contributed by atoms with Crippen molar-refractivity contribution in [3.8, 4) is 0 Å². The molecule has 1 heterocycles. The monoisotopic (exact) mass is 415 g/mol. The molecule has 1 saturated heterocycles. The van der Waals surface area contributed by atoms with Crippen molar-refractivity contribution in [1.29, 1.82) is 0 Å². The Bertz CT molecular complexity index is 807. The summed E-state index contributed by atoms with van der Waals surface area (Å²) in [6.07, 6.45) is 1.82. The fourth-order valence-corrected chi connectivity index (χ4v) is 2.91. The maximum Gasteiger partial charge on any atom is 0.492 e. The number of Topliss-reactive ketones (excluding diaryl/α,β-unsaturated/α-hetero) is 1. The summed E-state index contributed by atoms with van der Waals surface area (Å²) in [7, 11) is -0.629. The third-order valence-electron chi connectivity index (χ3n) is 5.27. The van der Waals surface area contributed by atoms with Gasteiger partial charge in [0, 0.05) is 18.5 Å². The zero-order chi connectivity index (χ0) is 22.7. The van der Waals surface area contributed by atoms with Crippen molar-refractivity contribution in [1.82, 2.24) is 5.32 Å². The first-order valence-electron chi connectivity index (χ1n) is 10.4. The summed E-state index contributed by atoms with van der Waals surface area (Å²) in [5.41, 5.74) is 0.615. The molecule has 0 spiro atoms. The van der Waals surface area contributed by atoms with Crippen LogP contribution in [-0.4, -0.2) is 42.3 Å². The van der Waals surface area contributed by atoms with Crippen LogP contribution in [0.3, 0.4) is 0 Å². The van der Waals surface area contributed by atoms with E-state index in [9.17, 15) is 9.59 Å². The summed E-state index contributed by atoms with van der Waals surface area (Å²) in [4.78, 5) is 24.3. The predicted molar refractivity (Wildman–Crippen MR) is 119 cm³/mol. The fraction of sp³-hybridized carbons (Fsp3) is 0.565. The van der Waals surface area contributed by atoms with E-state index in [4.69, 9.17) is 14.0 Å². The van der Waals surface area contributed by atoms with Gasteiger partial charge in [0.2, 0.25) is 0 Å². The van der Waals surface area contributed by atoms with Crippen LogP contribution in [0.5, 0.6) is 0 Å². The number of carbonyl (C=O) groups excluding carboxylic acids is 2. The van der Waals surface area contributed by atoms with E-state index in [1.54, 1.807) is 6.07 Å². The van der Waals surface area contributed by atoms with E-state index in [0.29, 0.717) is 12.0 Å². The molecule has 0 aliphatic carbocycles. The van der Waals surface area contributed by atoms with E-state index in [2.05, 4.69) is 5.32 Å². The van der Waals surface area contributed by atoms with Crippen LogP contribution in [0.2, 0.25) is 0 Å². The SMILES string of the molecule is CCC(=O)c1cccc(C=C(CNC(=O)OC(C)(C)C)B2OC(C)(C)C(C)(C)O2)c1. The Morgan fingerprint density at radius 1 is 1.13 bits per heavy atom. The minimum absolute atomic E-state index is 0.0781. The molecule has 30 heavy (non-hydrogen) atoms. The van der Waals surface area contributed by atoms with Crippen molar-refractivity contribution >= 4 is 25.1 Å². The van der Waals surface area contributed by atoms with Gasteiger partial charge in [-0.1, -0.05) is 31.2 Å². The lowest BCUT2D eigenvalue weighted by Gasteiger charge is -2.32. The zero-order valence-corrected chi connectivity index (χ0v) is 19.4. The Morgan fingerprint density at radius 2 is 1.73 bits per heavy atom. The lowest BCUT2D eigenvalue weighted by Crippen LogP contribution is -2.41. The second kappa shape index (κ2) is 8.94. The number of ketones is 1. The van der Waals surface area contributed by atoms with E-state index in [0.717, 1.165) is 11.0 Å². The highest BCUT2D eigenvalue weighted by Gasteiger charge is 2.52. The highest BCUT2D eigenvalue weighted by molar-refractivity contribution is 6.56. The van der Waals surface area contributed by atoms with Gasteiger partial charge < -0.3 is 19.4 Å². The predicted octanol–water partition coefficient (Wildman–Crippen LogP) is 4.82. The maximum absolute atomic E-state index is 12.2. The van der Waals surface area contributed by atoms with Gasteiger partial charge in [0.15, 0.2) is 5.78 Å². The highest BCUT2D eigenvalue weighted by atomic mass is 16.7. The van der Waals surface area contributed by atoms with Crippen molar-refractivity contribution in [2.45, 2.75) is 78.6 Å². The number of carbonyl (C=O) groups is 2. The molecule has 1 N–H and O–H groups in total. The molecular weight excluding hydrogens is 381 g/mol. The fourth-order valence-electron chi connectivity index (χ4n) is 2.91. The largest absolute Gasteiger partial charge is 0.492 e.